The number of carbonyl (C=O) groups excluding carboxylic acids is 1. The molecule has 19 heavy (non-hydrogen) atoms. The summed E-state index contributed by atoms with van der Waals surface area (Å²) in [5.41, 5.74) is 1.13. The van der Waals surface area contributed by atoms with Crippen molar-refractivity contribution in [2.75, 3.05) is 26.7 Å². The van der Waals surface area contributed by atoms with Crippen LogP contribution in [0, 0.1) is 0 Å². The second-order valence-electron chi connectivity index (χ2n) is 4.97. The van der Waals surface area contributed by atoms with E-state index in [0.29, 0.717) is 6.54 Å². The molecule has 4 heteroatoms. The third-order valence-corrected chi connectivity index (χ3v) is 3.61. The number of rotatable bonds is 5. The SMILES string of the molecule is COc1cccc([C@@H](C)NCC(=O)N2CCCC2)c1. The lowest BCUT2D eigenvalue weighted by molar-refractivity contribution is -0.129. The third-order valence-electron chi connectivity index (χ3n) is 3.61. The Hall–Kier alpha value is -1.55. The fourth-order valence-corrected chi connectivity index (χ4v) is 2.35. The summed E-state index contributed by atoms with van der Waals surface area (Å²) in [7, 11) is 1.66. The van der Waals surface area contributed by atoms with Crippen molar-refractivity contribution in [3.8, 4) is 5.75 Å². The van der Waals surface area contributed by atoms with Gasteiger partial charge in [-0.25, -0.2) is 0 Å². The first kappa shape index (κ1) is 13.9. The Morgan fingerprint density at radius 2 is 2.16 bits per heavy atom. The van der Waals surface area contributed by atoms with E-state index in [4.69, 9.17) is 4.74 Å². The van der Waals surface area contributed by atoms with E-state index in [-0.39, 0.29) is 11.9 Å². The van der Waals surface area contributed by atoms with Gasteiger partial charge in [0, 0.05) is 19.1 Å². The Bertz CT molecular complexity index is 428. The number of methoxy groups -OCH3 is 1. The molecule has 0 aliphatic carbocycles. The maximum absolute atomic E-state index is 11.9. The summed E-state index contributed by atoms with van der Waals surface area (Å²) in [4.78, 5) is 13.9. The number of nitrogens with zero attached hydrogens (tertiary/aromatic N) is 1. The van der Waals surface area contributed by atoms with Crippen molar-refractivity contribution >= 4 is 5.91 Å². The van der Waals surface area contributed by atoms with E-state index < -0.39 is 0 Å². The molecule has 1 N–H and O–H groups in total. The Balaban J connectivity index is 1.86. The third kappa shape index (κ3) is 3.70. The summed E-state index contributed by atoms with van der Waals surface area (Å²) in [5, 5.41) is 3.28. The molecule has 0 bridgehead atoms. The fourth-order valence-electron chi connectivity index (χ4n) is 2.35. The van der Waals surface area contributed by atoms with Crippen molar-refractivity contribution in [2.24, 2.45) is 0 Å². The summed E-state index contributed by atoms with van der Waals surface area (Å²) in [6.07, 6.45) is 2.27. The average molecular weight is 262 g/mol. The van der Waals surface area contributed by atoms with Crippen molar-refractivity contribution < 1.29 is 9.53 Å². The number of hydrogen-bond donors (Lipinski definition) is 1. The molecule has 1 atom stereocenters. The van der Waals surface area contributed by atoms with E-state index in [1.165, 1.54) is 0 Å². The first-order chi connectivity index (χ1) is 9.20. The highest BCUT2D eigenvalue weighted by Gasteiger charge is 2.18. The van der Waals surface area contributed by atoms with Crippen LogP contribution in [0.5, 0.6) is 5.75 Å². The molecule has 4 nitrogen and oxygen atoms in total. The zero-order valence-electron chi connectivity index (χ0n) is 11.7. The average Bonchev–Trinajstić information content (AvgIpc) is 2.98. The predicted molar refractivity (Wildman–Crippen MR) is 75.2 cm³/mol. The number of nitrogens with one attached hydrogen (secondary N) is 1. The molecule has 1 fully saturated rings. The molecule has 0 spiro atoms. The van der Waals surface area contributed by atoms with Gasteiger partial charge in [-0.3, -0.25) is 4.79 Å². The molecule has 1 aromatic carbocycles. The Labute approximate surface area is 114 Å². The quantitative estimate of drug-likeness (QED) is 0.882. The number of hydrogen-bond acceptors (Lipinski definition) is 3. The van der Waals surface area contributed by atoms with E-state index in [2.05, 4.69) is 12.2 Å². The van der Waals surface area contributed by atoms with Gasteiger partial charge in [0.05, 0.1) is 13.7 Å². The number of amides is 1. The molecule has 0 unspecified atom stereocenters. The van der Waals surface area contributed by atoms with Gasteiger partial charge in [0.15, 0.2) is 0 Å². The van der Waals surface area contributed by atoms with Crippen molar-refractivity contribution in [1.29, 1.82) is 0 Å². The van der Waals surface area contributed by atoms with Gasteiger partial charge in [0.2, 0.25) is 5.91 Å². The fraction of sp³-hybridized carbons (Fsp3) is 0.533. The van der Waals surface area contributed by atoms with E-state index in [9.17, 15) is 4.79 Å². The van der Waals surface area contributed by atoms with Crippen LogP contribution in [0.15, 0.2) is 24.3 Å². The van der Waals surface area contributed by atoms with E-state index in [1.54, 1.807) is 7.11 Å². The zero-order valence-corrected chi connectivity index (χ0v) is 11.7. The molecule has 1 aromatic rings. The van der Waals surface area contributed by atoms with Crippen LogP contribution in [0.2, 0.25) is 0 Å². The first-order valence-corrected chi connectivity index (χ1v) is 6.86. The molecule has 1 saturated heterocycles. The van der Waals surface area contributed by atoms with Crippen LogP contribution in [0.25, 0.3) is 0 Å². The molecule has 1 amide bonds. The molecule has 1 aliphatic rings. The first-order valence-electron chi connectivity index (χ1n) is 6.86. The highest BCUT2D eigenvalue weighted by atomic mass is 16.5. The Morgan fingerprint density at radius 1 is 1.42 bits per heavy atom. The van der Waals surface area contributed by atoms with Crippen molar-refractivity contribution in [3.63, 3.8) is 0 Å². The van der Waals surface area contributed by atoms with Gasteiger partial charge >= 0.3 is 0 Å². The van der Waals surface area contributed by atoms with Crippen LogP contribution < -0.4 is 10.1 Å². The minimum absolute atomic E-state index is 0.140. The highest BCUT2D eigenvalue weighted by Crippen LogP contribution is 2.18. The van der Waals surface area contributed by atoms with Gasteiger partial charge in [0.1, 0.15) is 5.75 Å². The van der Waals surface area contributed by atoms with Crippen LogP contribution in [0.3, 0.4) is 0 Å². The van der Waals surface area contributed by atoms with Crippen molar-refractivity contribution in [2.45, 2.75) is 25.8 Å². The lowest BCUT2D eigenvalue weighted by Gasteiger charge is -2.19. The second-order valence-corrected chi connectivity index (χ2v) is 4.97. The van der Waals surface area contributed by atoms with Crippen molar-refractivity contribution in [1.82, 2.24) is 10.2 Å². The summed E-state index contributed by atoms with van der Waals surface area (Å²) < 4.78 is 5.21. The van der Waals surface area contributed by atoms with E-state index in [1.807, 2.05) is 29.2 Å². The van der Waals surface area contributed by atoms with Crippen LogP contribution >= 0.6 is 0 Å². The largest absolute Gasteiger partial charge is 0.497 e. The zero-order chi connectivity index (χ0) is 13.7. The van der Waals surface area contributed by atoms with E-state index >= 15 is 0 Å². The smallest absolute Gasteiger partial charge is 0.236 e. The number of benzene rings is 1. The van der Waals surface area contributed by atoms with Gasteiger partial charge < -0.3 is 15.0 Å². The van der Waals surface area contributed by atoms with Crippen LogP contribution in [-0.4, -0.2) is 37.6 Å². The second kappa shape index (κ2) is 6.57. The van der Waals surface area contributed by atoms with Gasteiger partial charge in [0.25, 0.3) is 0 Å². The molecular formula is C15H22N2O2. The molecule has 2 rings (SSSR count). The van der Waals surface area contributed by atoms with Gasteiger partial charge in [-0.05, 0) is 37.5 Å². The van der Waals surface area contributed by atoms with Gasteiger partial charge in [-0.2, -0.15) is 0 Å². The number of carbonyl (C=O) groups is 1. The molecule has 1 heterocycles. The van der Waals surface area contributed by atoms with Gasteiger partial charge in [-0.15, -0.1) is 0 Å². The van der Waals surface area contributed by atoms with Crippen LogP contribution in [0.4, 0.5) is 0 Å². The maximum atomic E-state index is 11.9. The molecular weight excluding hydrogens is 240 g/mol. The normalized spacial score (nSPS) is 16.4. The highest BCUT2D eigenvalue weighted by molar-refractivity contribution is 5.78. The van der Waals surface area contributed by atoms with Crippen LogP contribution in [-0.2, 0) is 4.79 Å². The lowest BCUT2D eigenvalue weighted by Crippen LogP contribution is -2.37. The Morgan fingerprint density at radius 3 is 2.84 bits per heavy atom. The van der Waals surface area contributed by atoms with E-state index in [0.717, 1.165) is 37.2 Å². The summed E-state index contributed by atoms with van der Waals surface area (Å²) in [6, 6.07) is 8.07. The summed E-state index contributed by atoms with van der Waals surface area (Å²) in [5.74, 6) is 1.05. The minimum Gasteiger partial charge on any atom is -0.497 e. The standard InChI is InChI=1S/C15H22N2O2/c1-12(13-6-5-7-14(10-13)19-2)16-11-15(18)17-8-3-4-9-17/h5-7,10,12,16H,3-4,8-9,11H2,1-2H3/t12-/m1/s1. The number of ether oxygens (including phenoxy) is 1. The summed E-state index contributed by atoms with van der Waals surface area (Å²) >= 11 is 0. The molecule has 104 valence electrons. The monoisotopic (exact) mass is 262 g/mol. The lowest BCUT2D eigenvalue weighted by atomic mass is 10.1. The maximum Gasteiger partial charge on any atom is 0.236 e. The molecule has 0 aromatic heterocycles. The van der Waals surface area contributed by atoms with Crippen molar-refractivity contribution in [3.05, 3.63) is 29.8 Å². The van der Waals surface area contributed by atoms with Crippen LogP contribution in [0.1, 0.15) is 31.4 Å². The topological polar surface area (TPSA) is 41.6 Å². The molecule has 1 aliphatic heterocycles. The molecule has 0 saturated carbocycles. The number of likely N-dealkylation sites (tertiary alicyclic amines) is 1. The Kier molecular flexibility index (Phi) is 4.80. The minimum atomic E-state index is 0.140. The molecule has 0 radical (unpaired) electrons. The predicted octanol–water partition coefficient (Wildman–Crippen LogP) is 1.97. The summed E-state index contributed by atoms with van der Waals surface area (Å²) in [6.45, 7) is 4.28. The van der Waals surface area contributed by atoms with Gasteiger partial charge in [-0.1, -0.05) is 12.1 Å².